The van der Waals surface area contributed by atoms with Crippen molar-refractivity contribution in [1.29, 1.82) is 0 Å². The van der Waals surface area contributed by atoms with Crippen molar-refractivity contribution in [2.75, 3.05) is 19.6 Å². The summed E-state index contributed by atoms with van der Waals surface area (Å²) < 4.78 is 0. The van der Waals surface area contributed by atoms with Gasteiger partial charge in [0.2, 0.25) is 5.91 Å². The molecule has 2 atom stereocenters. The van der Waals surface area contributed by atoms with Crippen LogP contribution < -0.4 is 11.1 Å². The van der Waals surface area contributed by atoms with E-state index in [9.17, 15) is 4.79 Å². The molecule has 0 aliphatic carbocycles. The van der Waals surface area contributed by atoms with Crippen LogP contribution in [-0.4, -0.2) is 42.5 Å². The second-order valence-corrected chi connectivity index (χ2v) is 4.35. The SMILES string of the molecule is CC[C@@H](N)C(=O)NCC(C)N1CCCC1. The van der Waals surface area contributed by atoms with Gasteiger partial charge in [-0.3, -0.25) is 9.69 Å². The highest BCUT2D eigenvalue weighted by atomic mass is 16.2. The monoisotopic (exact) mass is 213 g/mol. The van der Waals surface area contributed by atoms with Crippen LogP contribution in [0.3, 0.4) is 0 Å². The van der Waals surface area contributed by atoms with Gasteiger partial charge in [0, 0.05) is 12.6 Å². The van der Waals surface area contributed by atoms with Crippen molar-refractivity contribution in [3.05, 3.63) is 0 Å². The Bertz CT molecular complexity index is 202. The van der Waals surface area contributed by atoms with Crippen molar-refractivity contribution in [2.24, 2.45) is 5.73 Å². The lowest BCUT2D eigenvalue weighted by molar-refractivity contribution is -0.122. The van der Waals surface area contributed by atoms with Gasteiger partial charge in [-0.1, -0.05) is 6.92 Å². The lowest BCUT2D eigenvalue weighted by Crippen LogP contribution is -2.46. The fourth-order valence-electron chi connectivity index (χ4n) is 1.88. The zero-order chi connectivity index (χ0) is 11.3. The number of nitrogens with two attached hydrogens (primary N) is 1. The molecule has 0 saturated carbocycles. The largest absolute Gasteiger partial charge is 0.353 e. The summed E-state index contributed by atoms with van der Waals surface area (Å²) in [5.41, 5.74) is 5.63. The van der Waals surface area contributed by atoms with Crippen LogP contribution in [-0.2, 0) is 4.79 Å². The fraction of sp³-hybridized carbons (Fsp3) is 0.909. The van der Waals surface area contributed by atoms with E-state index in [4.69, 9.17) is 5.73 Å². The molecule has 1 unspecified atom stereocenters. The molecule has 0 aromatic carbocycles. The van der Waals surface area contributed by atoms with E-state index < -0.39 is 0 Å². The third-order valence-electron chi connectivity index (χ3n) is 3.11. The molecule has 88 valence electrons. The van der Waals surface area contributed by atoms with E-state index in [-0.39, 0.29) is 11.9 Å². The molecule has 4 nitrogen and oxygen atoms in total. The molecule has 1 fully saturated rings. The van der Waals surface area contributed by atoms with Crippen molar-refractivity contribution >= 4 is 5.91 Å². The standard InChI is InChI=1S/C11H23N3O/c1-3-10(12)11(15)13-8-9(2)14-6-4-5-7-14/h9-10H,3-8,12H2,1-2H3,(H,13,15)/t9?,10-/m1/s1. The van der Waals surface area contributed by atoms with E-state index in [1.54, 1.807) is 0 Å². The first-order chi connectivity index (χ1) is 7.15. The quantitative estimate of drug-likeness (QED) is 0.691. The Morgan fingerprint density at radius 3 is 2.60 bits per heavy atom. The van der Waals surface area contributed by atoms with Crippen molar-refractivity contribution < 1.29 is 4.79 Å². The molecule has 1 rings (SSSR count). The average Bonchev–Trinajstić information content (AvgIpc) is 2.77. The molecule has 0 aromatic heterocycles. The van der Waals surface area contributed by atoms with Crippen LogP contribution in [0.5, 0.6) is 0 Å². The van der Waals surface area contributed by atoms with Gasteiger partial charge in [-0.25, -0.2) is 0 Å². The van der Waals surface area contributed by atoms with E-state index in [2.05, 4.69) is 17.1 Å². The summed E-state index contributed by atoms with van der Waals surface area (Å²) in [6.07, 6.45) is 3.27. The maximum Gasteiger partial charge on any atom is 0.236 e. The molecule has 3 N–H and O–H groups in total. The summed E-state index contributed by atoms with van der Waals surface area (Å²) in [7, 11) is 0. The topological polar surface area (TPSA) is 58.4 Å². The minimum atomic E-state index is -0.351. The van der Waals surface area contributed by atoms with Gasteiger partial charge in [0.25, 0.3) is 0 Å². The van der Waals surface area contributed by atoms with Crippen molar-refractivity contribution in [1.82, 2.24) is 10.2 Å². The zero-order valence-electron chi connectivity index (χ0n) is 9.83. The number of rotatable bonds is 5. The van der Waals surface area contributed by atoms with Crippen molar-refractivity contribution in [3.63, 3.8) is 0 Å². The Morgan fingerprint density at radius 2 is 2.07 bits per heavy atom. The van der Waals surface area contributed by atoms with E-state index >= 15 is 0 Å². The molecule has 1 saturated heterocycles. The van der Waals surface area contributed by atoms with E-state index in [0.717, 1.165) is 13.1 Å². The minimum Gasteiger partial charge on any atom is -0.353 e. The van der Waals surface area contributed by atoms with Gasteiger partial charge in [0.05, 0.1) is 6.04 Å². The Balaban J connectivity index is 2.20. The number of nitrogens with zero attached hydrogens (tertiary/aromatic N) is 1. The molecule has 0 aromatic rings. The Labute approximate surface area is 92.2 Å². The van der Waals surface area contributed by atoms with Crippen LogP contribution in [0.1, 0.15) is 33.1 Å². The third-order valence-corrected chi connectivity index (χ3v) is 3.11. The number of carbonyl (C=O) groups is 1. The second kappa shape index (κ2) is 6.08. The zero-order valence-corrected chi connectivity index (χ0v) is 9.83. The predicted octanol–water partition coefficient (Wildman–Crippen LogP) is 0.324. The Hall–Kier alpha value is -0.610. The summed E-state index contributed by atoms with van der Waals surface area (Å²) in [4.78, 5) is 13.9. The molecule has 1 aliphatic rings. The van der Waals surface area contributed by atoms with E-state index in [0.29, 0.717) is 19.0 Å². The van der Waals surface area contributed by atoms with Gasteiger partial charge in [-0.15, -0.1) is 0 Å². The molecule has 1 amide bonds. The van der Waals surface area contributed by atoms with Crippen LogP contribution in [0, 0.1) is 0 Å². The Morgan fingerprint density at radius 1 is 1.47 bits per heavy atom. The van der Waals surface area contributed by atoms with E-state index in [1.165, 1.54) is 12.8 Å². The van der Waals surface area contributed by atoms with E-state index in [1.807, 2.05) is 6.92 Å². The summed E-state index contributed by atoms with van der Waals surface area (Å²) in [6.45, 7) is 7.12. The van der Waals surface area contributed by atoms with Gasteiger partial charge < -0.3 is 11.1 Å². The van der Waals surface area contributed by atoms with Gasteiger partial charge in [0.1, 0.15) is 0 Å². The maximum absolute atomic E-state index is 11.4. The van der Waals surface area contributed by atoms with Crippen LogP contribution >= 0.6 is 0 Å². The van der Waals surface area contributed by atoms with Gasteiger partial charge in [-0.05, 0) is 39.3 Å². The Kier molecular flexibility index (Phi) is 5.05. The highest BCUT2D eigenvalue weighted by Gasteiger charge is 2.19. The minimum absolute atomic E-state index is 0.0245. The summed E-state index contributed by atoms with van der Waals surface area (Å²) in [5.74, 6) is -0.0245. The second-order valence-electron chi connectivity index (χ2n) is 4.35. The first-order valence-corrected chi connectivity index (χ1v) is 5.92. The van der Waals surface area contributed by atoms with Gasteiger partial charge in [0.15, 0.2) is 0 Å². The average molecular weight is 213 g/mol. The molecule has 1 aliphatic heterocycles. The van der Waals surface area contributed by atoms with Crippen molar-refractivity contribution in [2.45, 2.75) is 45.2 Å². The van der Waals surface area contributed by atoms with Crippen LogP contribution in [0.2, 0.25) is 0 Å². The number of likely N-dealkylation sites (tertiary alicyclic amines) is 1. The smallest absolute Gasteiger partial charge is 0.236 e. The molecule has 15 heavy (non-hydrogen) atoms. The van der Waals surface area contributed by atoms with Crippen LogP contribution in [0.25, 0.3) is 0 Å². The molecule has 0 spiro atoms. The maximum atomic E-state index is 11.4. The summed E-state index contributed by atoms with van der Waals surface area (Å²) in [5, 5.41) is 2.90. The first-order valence-electron chi connectivity index (χ1n) is 5.92. The molecular weight excluding hydrogens is 190 g/mol. The van der Waals surface area contributed by atoms with Crippen molar-refractivity contribution in [3.8, 4) is 0 Å². The number of hydrogen-bond donors (Lipinski definition) is 2. The highest BCUT2D eigenvalue weighted by Crippen LogP contribution is 2.10. The highest BCUT2D eigenvalue weighted by molar-refractivity contribution is 5.81. The lowest BCUT2D eigenvalue weighted by Gasteiger charge is -2.24. The van der Waals surface area contributed by atoms with Gasteiger partial charge in [-0.2, -0.15) is 0 Å². The molecule has 0 bridgehead atoms. The van der Waals surface area contributed by atoms with Gasteiger partial charge >= 0.3 is 0 Å². The molecule has 0 radical (unpaired) electrons. The third kappa shape index (κ3) is 3.80. The molecule has 1 heterocycles. The number of amides is 1. The normalized spacial score (nSPS) is 21.3. The number of hydrogen-bond acceptors (Lipinski definition) is 3. The first kappa shape index (κ1) is 12.5. The predicted molar refractivity (Wildman–Crippen MR) is 61.5 cm³/mol. The summed E-state index contributed by atoms with van der Waals surface area (Å²) >= 11 is 0. The molecular formula is C11H23N3O. The molecule has 4 heteroatoms. The summed E-state index contributed by atoms with van der Waals surface area (Å²) in [6, 6.07) is 0.0799. The number of nitrogens with one attached hydrogen (secondary N) is 1. The fourth-order valence-corrected chi connectivity index (χ4v) is 1.88. The lowest BCUT2D eigenvalue weighted by atomic mass is 10.2. The van der Waals surface area contributed by atoms with Crippen LogP contribution in [0.15, 0.2) is 0 Å². The number of carbonyl (C=O) groups excluding carboxylic acids is 1. The van der Waals surface area contributed by atoms with Crippen LogP contribution in [0.4, 0.5) is 0 Å².